The lowest BCUT2D eigenvalue weighted by molar-refractivity contribution is 0.218. The first kappa shape index (κ1) is 10.7. The van der Waals surface area contributed by atoms with Crippen LogP contribution in [0.2, 0.25) is 0 Å². The molecule has 0 heterocycles. The van der Waals surface area contributed by atoms with Gasteiger partial charge in [-0.2, -0.15) is 0 Å². The van der Waals surface area contributed by atoms with E-state index in [1.165, 1.54) is 11.1 Å². The highest BCUT2D eigenvalue weighted by Gasteiger charge is 2.40. The quantitative estimate of drug-likeness (QED) is 0.787. The lowest BCUT2D eigenvalue weighted by Gasteiger charge is -2.34. The molecule has 0 saturated heterocycles. The first-order valence-corrected chi connectivity index (χ1v) is 5.65. The molecular weight excluding hydrogens is 186 g/mol. The normalized spacial score (nSPS) is 26.3. The molecule has 0 amide bonds. The fourth-order valence-electron chi connectivity index (χ4n) is 2.88. The standard InChI is InChI=1S/C13H19NO/c1-10(14)13(8-9-15)7-6-11-4-2-3-5-12(11)13/h2-5,10,15H,6-9,14H2,1H3. The number of aliphatic hydroxyl groups is 1. The summed E-state index contributed by atoms with van der Waals surface area (Å²) in [5.41, 5.74) is 8.89. The van der Waals surface area contributed by atoms with Crippen molar-refractivity contribution >= 4 is 0 Å². The van der Waals surface area contributed by atoms with Gasteiger partial charge >= 0.3 is 0 Å². The Balaban J connectivity index is 2.44. The summed E-state index contributed by atoms with van der Waals surface area (Å²) in [5.74, 6) is 0. The summed E-state index contributed by atoms with van der Waals surface area (Å²) in [7, 11) is 0. The van der Waals surface area contributed by atoms with Crippen LogP contribution >= 0.6 is 0 Å². The first-order valence-electron chi connectivity index (χ1n) is 5.65. The van der Waals surface area contributed by atoms with Gasteiger partial charge in [-0.05, 0) is 37.3 Å². The lowest BCUT2D eigenvalue weighted by atomic mass is 9.74. The zero-order valence-electron chi connectivity index (χ0n) is 9.24. The van der Waals surface area contributed by atoms with Crippen molar-refractivity contribution in [3.05, 3.63) is 35.4 Å². The van der Waals surface area contributed by atoms with Crippen LogP contribution in [0, 0.1) is 0 Å². The molecule has 1 aliphatic carbocycles. The highest BCUT2D eigenvalue weighted by molar-refractivity contribution is 5.40. The minimum atomic E-state index is 0.00530. The Bertz CT molecular complexity index is 344. The average molecular weight is 205 g/mol. The van der Waals surface area contributed by atoms with Crippen LogP contribution in [0.25, 0.3) is 0 Å². The molecule has 0 aliphatic heterocycles. The van der Waals surface area contributed by atoms with Gasteiger partial charge in [0.1, 0.15) is 0 Å². The summed E-state index contributed by atoms with van der Waals surface area (Å²) in [6.45, 7) is 2.27. The number of hydrogen-bond acceptors (Lipinski definition) is 2. The molecule has 0 bridgehead atoms. The minimum Gasteiger partial charge on any atom is -0.396 e. The van der Waals surface area contributed by atoms with E-state index in [4.69, 9.17) is 5.73 Å². The molecule has 82 valence electrons. The molecule has 1 aromatic rings. The van der Waals surface area contributed by atoms with Gasteiger partial charge in [-0.3, -0.25) is 0 Å². The largest absolute Gasteiger partial charge is 0.396 e. The van der Waals surface area contributed by atoms with E-state index in [0.29, 0.717) is 0 Å². The predicted octanol–water partition coefficient (Wildman–Crippen LogP) is 1.60. The van der Waals surface area contributed by atoms with Crippen LogP contribution in [0.15, 0.2) is 24.3 Å². The minimum absolute atomic E-state index is 0.00530. The fourth-order valence-corrected chi connectivity index (χ4v) is 2.88. The van der Waals surface area contributed by atoms with Gasteiger partial charge in [0, 0.05) is 18.1 Å². The van der Waals surface area contributed by atoms with Crippen LogP contribution in [0.4, 0.5) is 0 Å². The maximum Gasteiger partial charge on any atom is 0.0440 e. The van der Waals surface area contributed by atoms with Crippen LogP contribution in [0.1, 0.15) is 30.9 Å². The Hall–Kier alpha value is -0.860. The van der Waals surface area contributed by atoms with Crippen LogP contribution in [0.5, 0.6) is 0 Å². The molecule has 2 atom stereocenters. The smallest absolute Gasteiger partial charge is 0.0440 e. The molecule has 15 heavy (non-hydrogen) atoms. The zero-order chi connectivity index (χ0) is 10.9. The lowest BCUT2D eigenvalue weighted by Crippen LogP contribution is -2.42. The molecule has 1 aliphatic rings. The highest BCUT2D eigenvalue weighted by Crippen LogP contribution is 2.43. The summed E-state index contributed by atoms with van der Waals surface area (Å²) < 4.78 is 0. The third kappa shape index (κ3) is 1.58. The second-order valence-electron chi connectivity index (χ2n) is 4.58. The summed E-state index contributed by atoms with van der Waals surface area (Å²) >= 11 is 0. The maximum atomic E-state index is 9.21. The average Bonchev–Trinajstić information content (AvgIpc) is 2.60. The van der Waals surface area contributed by atoms with E-state index in [9.17, 15) is 5.11 Å². The van der Waals surface area contributed by atoms with E-state index in [1.54, 1.807) is 0 Å². The van der Waals surface area contributed by atoms with Gasteiger partial charge in [-0.25, -0.2) is 0 Å². The molecule has 2 heteroatoms. The van der Waals surface area contributed by atoms with Gasteiger partial charge in [0.25, 0.3) is 0 Å². The van der Waals surface area contributed by atoms with E-state index < -0.39 is 0 Å². The van der Waals surface area contributed by atoms with Crippen molar-refractivity contribution in [3.63, 3.8) is 0 Å². The summed E-state index contributed by atoms with van der Waals surface area (Å²) in [6.07, 6.45) is 2.95. The van der Waals surface area contributed by atoms with Crippen molar-refractivity contribution in [3.8, 4) is 0 Å². The topological polar surface area (TPSA) is 46.2 Å². The van der Waals surface area contributed by atoms with Crippen LogP contribution in [-0.4, -0.2) is 17.8 Å². The highest BCUT2D eigenvalue weighted by atomic mass is 16.3. The molecule has 1 aromatic carbocycles. The third-order valence-corrected chi connectivity index (χ3v) is 3.82. The fraction of sp³-hybridized carbons (Fsp3) is 0.538. The Labute approximate surface area is 91.1 Å². The molecule has 0 aromatic heterocycles. The van der Waals surface area contributed by atoms with Crippen molar-refractivity contribution in [2.75, 3.05) is 6.61 Å². The van der Waals surface area contributed by atoms with Crippen molar-refractivity contribution in [1.82, 2.24) is 0 Å². The van der Waals surface area contributed by atoms with E-state index in [1.807, 2.05) is 0 Å². The zero-order valence-corrected chi connectivity index (χ0v) is 9.24. The first-order chi connectivity index (χ1) is 7.20. The number of nitrogens with two attached hydrogens (primary N) is 1. The number of benzene rings is 1. The Morgan fingerprint density at radius 2 is 2.20 bits per heavy atom. The van der Waals surface area contributed by atoms with E-state index in [-0.39, 0.29) is 18.1 Å². The molecule has 0 fully saturated rings. The Morgan fingerprint density at radius 3 is 2.87 bits per heavy atom. The monoisotopic (exact) mass is 205 g/mol. The number of hydrogen-bond donors (Lipinski definition) is 2. The number of aryl methyl sites for hydroxylation is 1. The predicted molar refractivity (Wildman–Crippen MR) is 61.8 cm³/mol. The van der Waals surface area contributed by atoms with Gasteiger partial charge in [-0.15, -0.1) is 0 Å². The SMILES string of the molecule is CC(N)C1(CCO)CCc2ccccc21. The Kier molecular flexibility index (Phi) is 2.81. The third-order valence-electron chi connectivity index (χ3n) is 3.82. The van der Waals surface area contributed by atoms with E-state index in [0.717, 1.165) is 19.3 Å². The second kappa shape index (κ2) is 3.95. The molecule has 0 saturated carbocycles. The number of aliphatic hydroxyl groups excluding tert-OH is 1. The molecule has 3 N–H and O–H groups in total. The molecular formula is C13H19NO. The molecule has 2 nitrogen and oxygen atoms in total. The molecule has 0 radical (unpaired) electrons. The van der Waals surface area contributed by atoms with Crippen molar-refractivity contribution in [2.24, 2.45) is 5.73 Å². The van der Waals surface area contributed by atoms with Crippen molar-refractivity contribution < 1.29 is 5.11 Å². The summed E-state index contributed by atoms with van der Waals surface area (Å²) in [6, 6.07) is 8.60. The van der Waals surface area contributed by atoms with E-state index in [2.05, 4.69) is 31.2 Å². The molecule has 2 unspecified atom stereocenters. The number of rotatable bonds is 3. The van der Waals surface area contributed by atoms with Crippen LogP contribution in [0.3, 0.4) is 0 Å². The van der Waals surface area contributed by atoms with E-state index >= 15 is 0 Å². The summed E-state index contributed by atoms with van der Waals surface area (Å²) in [5, 5.41) is 9.21. The van der Waals surface area contributed by atoms with Crippen molar-refractivity contribution in [2.45, 2.75) is 37.6 Å². The van der Waals surface area contributed by atoms with Crippen LogP contribution < -0.4 is 5.73 Å². The van der Waals surface area contributed by atoms with Gasteiger partial charge in [0.15, 0.2) is 0 Å². The second-order valence-corrected chi connectivity index (χ2v) is 4.58. The Morgan fingerprint density at radius 1 is 1.47 bits per heavy atom. The molecule has 0 spiro atoms. The molecule has 2 rings (SSSR count). The van der Waals surface area contributed by atoms with Gasteiger partial charge in [-0.1, -0.05) is 24.3 Å². The number of fused-ring (bicyclic) bond motifs is 1. The summed E-state index contributed by atoms with van der Waals surface area (Å²) in [4.78, 5) is 0. The van der Waals surface area contributed by atoms with Gasteiger partial charge in [0.2, 0.25) is 0 Å². The van der Waals surface area contributed by atoms with Crippen molar-refractivity contribution in [1.29, 1.82) is 0 Å². The maximum absolute atomic E-state index is 9.21. The van der Waals surface area contributed by atoms with Gasteiger partial charge < -0.3 is 10.8 Å². The van der Waals surface area contributed by atoms with Crippen LogP contribution in [-0.2, 0) is 11.8 Å². The van der Waals surface area contributed by atoms with Gasteiger partial charge in [0.05, 0.1) is 0 Å².